The lowest BCUT2D eigenvalue weighted by atomic mass is 9.88. The van der Waals surface area contributed by atoms with Gasteiger partial charge in [0.05, 0.1) is 17.3 Å². The van der Waals surface area contributed by atoms with Gasteiger partial charge in [0, 0.05) is 56.9 Å². The second-order valence-corrected chi connectivity index (χ2v) is 14.0. The van der Waals surface area contributed by atoms with Crippen molar-refractivity contribution in [3.05, 3.63) is 132 Å². The number of hydrogen-bond acceptors (Lipinski definition) is 4. The van der Waals surface area contributed by atoms with Crippen molar-refractivity contribution in [1.82, 2.24) is 24.1 Å². The van der Waals surface area contributed by atoms with Gasteiger partial charge in [-0.2, -0.15) is 0 Å². The molecule has 3 aliphatic rings. The molecule has 2 aliphatic carbocycles. The second-order valence-electron chi connectivity index (χ2n) is 14.0. The van der Waals surface area contributed by atoms with Crippen molar-refractivity contribution >= 4 is 56.4 Å². The smallest absolute Gasteiger partial charge is 0.163 e. The first-order valence-electron chi connectivity index (χ1n) is 18.2. The van der Waals surface area contributed by atoms with Crippen LogP contribution in [0.2, 0.25) is 0 Å². The molecule has 1 atom stereocenters. The van der Waals surface area contributed by atoms with Gasteiger partial charge in [0.1, 0.15) is 11.6 Å². The van der Waals surface area contributed by atoms with Crippen LogP contribution in [0.25, 0.3) is 61.6 Å². The lowest BCUT2D eigenvalue weighted by Gasteiger charge is -2.26. The van der Waals surface area contributed by atoms with Gasteiger partial charge in [-0.15, -0.1) is 0 Å². The number of fused-ring (bicyclic) bond motifs is 6. The number of aliphatic imine (C=N–C) groups is 1. The Balaban J connectivity index is 1.23. The van der Waals surface area contributed by atoms with Crippen LogP contribution in [0.3, 0.4) is 0 Å². The van der Waals surface area contributed by atoms with Gasteiger partial charge in [0.25, 0.3) is 0 Å². The van der Waals surface area contributed by atoms with Crippen molar-refractivity contribution < 1.29 is 0 Å². The summed E-state index contributed by atoms with van der Waals surface area (Å²) < 4.78 is 4.84. The third-order valence-corrected chi connectivity index (χ3v) is 11.0. The van der Waals surface area contributed by atoms with Gasteiger partial charge in [0.15, 0.2) is 11.6 Å². The molecule has 50 heavy (non-hydrogen) atoms. The maximum atomic E-state index is 5.45. The Morgan fingerprint density at radius 3 is 2.04 bits per heavy atom. The van der Waals surface area contributed by atoms with E-state index in [2.05, 4.69) is 125 Å². The van der Waals surface area contributed by atoms with E-state index in [1.165, 1.54) is 63.2 Å². The van der Waals surface area contributed by atoms with Crippen molar-refractivity contribution in [2.45, 2.75) is 63.3 Å². The Kier molecular flexibility index (Phi) is 7.07. The molecular weight excluding hydrogens is 613 g/mol. The van der Waals surface area contributed by atoms with E-state index < -0.39 is 0 Å². The Bertz CT molecular complexity index is 2450. The van der Waals surface area contributed by atoms with E-state index >= 15 is 0 Å². The normalized spacial score (nSPS) is 18.0. The lowest BCUT2D eigenvalue weighted by molar-refractivity contribution is 0.427. The molecule has 3 aromatic heterocycles. The summed E-state index contributed by atoms with van der Waals surface area (Å²) in [5, 5.41) is 3.81. The van der Waals surface area contributed by atoms with Gasteiger partial charge in [-0.25, -0.2) is 19.9 Å². The predicted molar refractivity (Wildman–Crippen MR) is 205 cm³/mol. The molecule has 1 unspecified atom stereocenters. The number of para-hydroxylation sites is 3. The fourth-order valence-corrected chi connectivity index (χ4v) is 8.64. The first-order valence-corrected chi connectivity index (χ1v) is 18.2. The molecule has 4 aromatic carbocycles. The molecule has 4 heterocycles. The molecule has 0 radical (unpaired) electrons. The topological polar surface area (TPSA) is 60.9 Å². The molecule has 0 bridgehead atoms. The summed E-state index contributed by atoms with van der Waals surface area (Å²) in [6, 6.07) is 36.6. The van der Waals surface area contributed by atoms with Crippen LogP contribution < -0.4 is 0 Å². The summed E-state index contributed by atoms with van der Waals surface area (Å²) in [4.78, 5) is 21.3. The largest absolute Gasteiger partial charge is 0.332 e. The number of aromatic nitrogens is 5. The third kappa shape index (κ3) is 4.77. The third-order valence-electron chi connectivity index (χ3n) is 11.0. The molecule has 1 aliphatic heterocycles. The van der Waals surface area contributed by atoms with E-state index in [4.69, 9.17) is 19.9 Å². The van der Waals surface area contributed by atoms with Crippen molar-refractivity contribution in [2.75, 3.05) is 0 Å². The number of nitrogens with zero attached hydrogens (tertiary/aromatic N) is 6. The maximum absolute atomic E-state index is 5.45. The number of hydrogen-bond donors (Lipinski definition) is 0. The summed E-state index contributed by atoms with van der Waals surface area (Å²) in [5.41, 5.74) is 8.26. The molecule has 0 amide bonds. The fourth-order valence-electron chi connectivity index (χ4n) is 8.64. The first kappa shape index (κ1) is 29.3. The van der Waals surface area contributed by atoms with Crippen molar-refractivity contribution in [2.24, 2.45) is 4.99 Å². The Labute approximate surface area is 291 Å². The standard InChI is InChI=1S/C44H38N6/c1-3-15-29(16-4-1)41-46-42(30-17-5-2-6-18-30)48-43(47-41)36-27-31(49-37-23-11-7-19-32(37)33-20-8-12-24-38(33)49)28-45-44(36)50-39-25-13-9-21-34(39)35-22-10-14-26-40(35)50/h1,3-4,7-9,11-16,19-21,23-26,28,30-31H,2,5-6,10,17-18,22,27H2. The summed E-state index contributed by atoms with van der Waals surface area (Å²) in [7, 11) is 0. The van der Waals surface area contributed by atoms with E-state index in [0.29, 0.717) is 12.3 Å². The summed E-state index contributed by atoms with van der Waals surface area (Å²) in [6.45, 7) is 0. The Morgan fingerprint density at radius 2 is 1.28 bits per heavy atom. The zero-order valence-electron chi connectivity index (χ0n) is 28.0. The van der Waals surface area contributed by atoms with Crippen molar-refractivity contribution in [3.63, 3.8) is 0 Å². The lowest BCUT2D eigenvalue weighted by Crippen LogP contribution is -2.19. The van der Waals surface area contributed by atoms with Crippen LogP contribution in [0.4, 0.5) is 0 Å². The molecule has 10 rings (SSSR count). The maximum Gasteiger partial charge on any atom is 0.163 e. The molecule has 0 spiro atoms. The average Bonchev–Trinajstić information content (AvgIpc) is 3.71. The molecule has 7 aromatic rings. The summed E-state index contributed by atoms with van der Waals surface area (Å²) >= 11 is 0. The van der Waals surface area contributed by atoms with Gasteiger partial charge in [-0.3, -0.25) is 4.57 Å². The SMILES string of the molecule is C1=Cc2c(c3ccccc3n2C2=C(c3nc(-c4ccccc4)nc(C4CCCCC4)n3)CC(n3c4ccccc4c4ccccc43)C=N2)CC1. The molecule has 0 N–H and O–H groups in total. The number of rotatable bonds is 5. The van der Waals surface area contributed by atoms with Crippen LogP contribution in [0.15, 0.2) is 114 Å². The molecule has 0 saturated heterocycles. The van der Waals surface area contributed by atoms with E-state index in [-0.39, 0.29) is 6.04 Å². The van der Waals surface area contributed by atoms with E-state index in [0.717, 1.165) is 60.1 Å². The van der Waals surface area contributed by atoms with Crippen LogP contribution in [-0.4, -0.2) is 30.3 Å². The zero-order valence-corrected chi connectivity index (χ0v) is 28.0. The molecule has 244 valence electrons. The minimum Gasteiger partial charge on any atom is -0.332 e. The number of aryl methyl sites for hydroxylation is 1. The van der Waals surface area contributed by atoms with E-state index in [9.17, 15) is 0 Å². The highest BCUT2D eigenvalue weighted by atomic mass is 15.2. The highest BCUT2D eigenvalue weighted by molar-refractivity contribution is 6.09. The molecule has 1 saturated carbocycles. The molecule has 6 nitrogen and oxygen atoms in total. The highest BCUT2D eigenvalue weighted by Gasteiger charge is 2.30. The monoisotopic (exact) mass is 650 g/mol. The Hall–Kier alpha value is -5.62. The van der Waals surface area contributed by atoms with Crippen LogP contribution in [0, 0.1) is 0 Å². The average molecular weight is 651 g/mol. The molecular formula is C44H38N6. The van der Waals surface area contributed by atoms with E-state index in [1.54, 1.807) is 0 Å². The highest BCUT2D eigenvalue weighted by Crippen LogP contribution is 2.43. The molecule has 6 heteroatoms. The minimum absolute atomic E-state index is 0.0261. The van der Waals surface area contributed by atoms with Gasteiger partial charge >= 0.3 is 0 Å². The van der Waals surface area contributed by atoms with E-state index in [1.807, 2.05) is 6.07 Å². The minimum atomic E-state index is -0.0261. The molecule has 1 fully saturated rings. The number of benzene rings is 4. The number of allylic oxidation sites excluding steroid dienone is 2. The van der Waals surface area contributed by atoms with Crippen molar-refractivity contribution in [1.29, 1.82) is 0 Å². The zero-order chi connectivity index (χ0) is 33.0. The fraction of sp³-hybridized carbons (Fsp3) is 0.227. The van der Waals surface area contributed by atoms with Gasteiger partial charge in [-0.1, -0.05) is 110 Å². The van der Waals surface area contributed by atoms with Crippen LogP contribution in [0.1, 0.15) is 79.8 Å². The van der Waals surface area contributed by atoms with Crippen LogP contribution in [-0.2, 0) is 6.42 Å². The van der Waals surface area contributed by atoms with Gasteiger partial charge in [-0.05, 0) is 55.5 Å². The van der Waals surface area contributed by atoms with Crippen molar-refractivity contribution in [3.8, 4) is 11.4 Å². The Morgan fingerprint density at radius 1 is 0.620 bits per heavy atom. The first-order chi connectivity index (χ1) is 24.8. The summed E-state index contributed by atoms with van der Waals surface area (Å²) in [6.07, 6.45) is 15.5. The van der Waals surface area contributed by atoms with Crippen LogP contribution >= 0.6 is 0 Å². The van der Waals surface area contributed by atoms with Crippen LogP contribution in [0.5, 0.6) is 0 Å². The summed E-state index contributed by atoms with van der Waals surface area (Å²) in [5.74, 6) is 3.64. The van der Waals surface area contributed by atoms with Gasteiger partial charge < -0.3 is 4.57 Å². The predicted octanol–water partition coefficient (Wildman–Crippen LogP) is 10.6. The second kappa shape index (κ2) is 12.1. The van der Waals surface area contributed by atoms with Gasteiger partial charge in [0.2, 0.25) is 0 Å². The quantitative estimate of drug-likeness (QED) is 0.186.